The van der Waals surface area contributed by atoms with Crippen LogP contribution in [0.2, 0.25) is 10.0 Å². The Balaban J connectivity index is 3.12. The van der Waals surface area contributed by atoms with Crippen molar-refractivity contribution in [3.8, 4) is 6.07 Å². The van der Waals surface area contributed by atoms with E-state index in [-0.39, 0.29) is 0 Å². The van der Waals surface area contributed by atoms with Crippen LogP contribution in [0.4, 0.5) is 0 Å². The van der Waals surface area contributed by atoms with E-state index in [4.69, 9.17) is 28.5 Å². The molecule has 1 aromatic rings. The van der Waals surface area contributed by atoms with Crippen LogP contribution in [-0.2, 0) is 0 Å². The van der Waals surface area contributed by atoms with Gasteiger partial charge in [-0.2, -0.15) is 5.26 Å². The molecule has 0 bridgehead atoms. The smallest absolute Gasteiger partial charge is 0.0944 e. The summed E-state index contributed by atoms with van der Waals surface area (Å²) in [6.07, 6.45) is 1.72. The highest BCUT2D eigenvalue weighted by molar-refractivity contribution is 6.35. The van der Waals surface area contributed by atoms with E-state index >= 15 is 0 Å². The van der Waals surface area contributed by atoms with Gasteiger partial charge in [-0.05, 0) is 30.7 Å². The number of nitriles is 1. The Bertz CT molecular complexity index is 388. The monoisotopic (exact) mass is 211 g/mol. The predicted molar refractivity (Wildman–Crippen MR) is 55.7 cm³/mol. The second kappa shape index (κ2) is 4.32. The number of benzene rings is 1. The lowest BCUT2D eigenvalue weighted by molar-refractivity contribution is 1.46. The van der Waals surface area contributed by atoms with Gasteiger partial charge in [-0.3, -0.25) is 0 Å². The molecule has 0 radical (unpaired) electrons. The molecule has 0 spiro atoms. The molecule has 0 heterocycles. The Morgan fingerprint density at radius 2 is 2.15 bits per heavy atom. The van der Waals surface area contributed by atoms with E-state index in [1.165, 1.54) is 0 Å². The molecule has 0 atom stereocenters. The van der Waals surface area contributed by atoms with Crippen molar-refractivity contribution in [2.75, 3.05) is 0 Å². The first-order valence-electron chi connectivity index (χ1n) is 3.67. The van der Waals surface area contributed by atoms with Crippen molar-refractivity contribution in [2.45, 2.75) is 6.92 Å². The Labute approximate surface area is 87.2 Å². The second-order valence-electron chi connectivity index (χ2n) is 2.60. The van der Waals surface area contributed by atoms with Crippen LogP contribution in [0.15, 0.2) is 23.8 Å². The predicted octanol–water partition coefficient (Wildman–Crippen LogP) is 3.92. The highest BCUT2D eigenvalue weighted by Gasteiger charge is 1.98. The first-order chi connectivity index (χ1) is 6.13. The van der Waals surface area contributed by atoms with E-state index in [0.717, 1.165) is 5.56 Å². The van der Waals surface area contributed by atoms with Gasteiger partial charge in [0, 0.05) is 15.6 Å². The fourth-order valence-corrected chi connectivity index (χ4v) is 1.35. The topological polar surface area (TPSA) is 23.8 Å². The van der Waals surface area contributed by atoms with E-state index in [9.17, 15) is 0 Å². The third-order valence-corrected chi connectivity index (χ3v) is 2.07. The summed E-state index contributed by atoms with van der Waals surface area (Å²) in [5.41, 5.74) is 1.43. The van der Waals surface area contributed by atoms with Crippen LogP contribution in [0.25, 0.3) is 6.08 Å². The van der Waals surface area contributed by atoms with Gasteiger partial charge >= 0.3 is 0 Å². The zero-order chi connectivity index (χ0) is 9.84. The van der Waals surface area contributed by atoms with Crippen molar-refractivity contribution in [2.24, 2.45) is 0 Å². The number of nitrogens with zero attached hydrogens (tertiary/aromatic N) is 1. The Hall–Kier alpha value is -0.970. The third kappa shape index (κ3) is 2.77. The highest BCUT2D eigenvalue weighted by Crippen LogP contribution is 2.22. The van der Waals surface area contributed by atoms with Gasteiger partial charge in [0.25, 0.3) is 0 Å². The normalized spacial score (nSPS) is 11.1. The highest BCUT2D eigenvalue weighted by atomic mass is 35.5. The molecular formula is C10H7Cl2N. The maximum atomic E-state index is 8.55. The van der Waals surface area contributed by atoms with Crippen LogP contribution in [-0.4, -0.2) is 0 Å². The summed E-state index contributed by atoms with van der Waals surface area (Å²) in [7, 11) is 0. The summed E-state index contributed by atoms with van der Waals surface area (Å²) in [6, 6.07) is 7.20. The molecule has 0 aliphatic heterocycles. The van der Waals surface area contributed by atoms with Gasteiger partial charge in [-0.15, -0.1) is 0 Å². The lowest BCUT2D eigenvalue weighted by atomic mass is 10.1. The lowest BCUT2D eigenvalue weighted by Gasteiger charge is -1.98. The number of hydrogen-bond acceptors (Lipinski definition) is 1. The van der Waals surface area contributed by atoms with Crippen molar-refractivity contribution in [1.82, 2.24) is 0 Å². The SMILES string of the molecule is C/C(C#N)=C/c1ccc(Cl)cc1Cl. The van der Waals surface area contributed by atoms with Crippen LogP contribution >= 0.6 is 23.2 Å². The maximum absolute atomic E-state index is 8.55. The van der Waals surface area contributed by atoms with E-state index in [2.05, 4.69) is 0 Å². The molecule has 13 heavy (non-hydrogen) atoms. The van der Waals surface area contributed by atoms with Gasteiger partial charge in [-0.25, -0.2) is 0 Å². The van der Waals surface area contributed by atoms with E-state index in [0.29, 0.717) is 15.6 Å². The number of halogens is 2. The van der Waals surface area contributed by atoms with Crippen molar-refractivity contribution >= 4 is 29.3 Å². The van der Waals surface area contributed by atoms with Crippen LogP contribution < -0.4 is 0 Å². The van der Waals surface area contributed by atoms with Crippen molar-refractivity contribution in [3.05, 3.63) is 39.4 Å². The minimum atomic E-state index is 0.558. The van der Waals surface area contributed by atoms with Gasteiger partial charge < -0.3 is 0 Å². The molecule has 0 amide bonds. The van der Waals surface area contributed by atoms with Crippen molar-refractivity contribution < 1.29 is 0 Å². The lowest BCUT2D eigenvalue weighted by Crippen LogP contribution is -1.76. The molecule has 66 valence electrons. The van der Waals surface area contributed by atoms with E-state index in [1.807, 2.05) is 6.07 Å². The summed E-state index contributed by atoms with van der Waals surface area (Å²) in [6.45, 7) is 1.73. The number of rotatable bonds is 1. The van der Waals surface area contributed by atoms with Crippen LogP contribution in [0.1, 0.15) is 12.5 Å². The molecule has 1 aromatic carbocycles. The molecule has 1 rings (SSSR count). The summed E-state index contributed by atoms with van der Waals surface area (Å²) < 4.78 is 0. The molecular weight excluding hydrogens is 205 g/mol. The average Bonchev–Trinajstić information content (AvgIpc) is 2.09. The molecule has 0 fully saturated rings. The number of hydrogen-bond donors (Lipinski definition) is 0. The standard InChI is InChI=1S/C10H7Cl2N/c1-7(6-13)4-8-2-3-9(11)5-10(8)12/h2-5H,1H3/b7-4-. The third-order valence-electron chi connectivity index (χ3n) is 1.51. The van der Waals surface area contributed by atoms with Crippen molar-refractivity contribution in [3.63, 3.8) is 0 Å². The fourth-order valence-electron chi connectivity index (χ4n) is 0.884. The number of allylic oxidation sites excluding steroid dienone is 1. The molecule has 0 unspecified atom stereocenters. The fraction of sp³-hybridized carbons (Fsp3) is 0.100. The zero-order valence-electron chi connectivity index (χ0n) is 7.01. The van der Waals surface area contributed by atoms with Crippen LogP contribution in [0.3, 0.4) is 0 Å². The molecule has 3 heteroatoms. The summed E-state index contributed by atoms with van der Waals surface area (Å²) in [4.78, 5) is 0. The van der Waals surface area contributed by atoms with E-state index in [1.54, 1.807) is 31.2 Å². The van der Waals surface area contributed by atoms with E-state index < -0.39 is 0 Å². The molecule has 0 saturated carbocycles. The van der Waals surface area contributed by atoms with Crippen molar-refractivity contribution in [1.29, 1.82) is 5.26 Å². The first kappa shape index (κ1) is 10.1. The Kier molecular flexibility index (Phi) is 3.36. The average molecular weight is 212 g/mol. The molecule has 0 aliphatic carbocycles. The Morgan fingerprint density at radius 3 is 2.69 bits per heavy atom. The van der Waals surface area contributed by atoms with Crippen LogP contribution in [0.5, 0.6) is 0 Å². The minimum Gasteiger partial charge on any atom is -0.193 e. The largest absolute Gasteiger partial charge is 0.193 e. The minimum absolute atomic E-state index is 0.558. The maximum Gasteiger partial charge on any atom is 0.0944 e. The molecule has 0 aliphatic rings. The quantitative estimate of drug-likeness (QED) is 0.647. The summed E-state index contributed by atoms with van der Waals surface area (Å²) in [5.74, 6) is 0. The summed E-state index contributed by atoms with van der Waals surface area (Å²) in [5, 5.41) is 9.71. The molecule has 0 N–H and O–H groups in total. The molecule has 1 nitrogen and oxygen atoms in total. The zero-order valence-corrected chi connectivity index (χ0v) is 8.52. The van der Waals surface area contributed by atoms with Gasteiger partial charge in [-0.1, -0.05) is 29.3 Å². The van der Waals surface area contributed by atoms with Gasteiger partial charge in [0.2, 0.25) is 0 Å². The molecule has 0 aromatic heterocycles. The Morgan fingerprint density at radius 1 is 1.46 bits per heavy atom. The van der Waals surface area contributed by atoms with Gasteiger partial charge in [0.05, 0.1) is 6.07 Å². The molecule has 0 saturated heterocycles. The van der Waals surface area contributed by atoms with Crippen LogP contribution in [0, 0.1) is 11.3 Å². The first-order valence-corrected chi connectivity index (χ1v) is 4.42. The van der Waals surface area contributed by atoms with Gasteiger partial charge in [0.1, 0.15) is 0 Å². The summed E-state index contributed by atoms with van der Waals surface area (Å²) >= 11 is 11.6. The van der Waals surface area contributed by atoms with Gasteiger partial charge in [0.15, 0.2) is 0 Å². The second-order valence-corrected chi connectivity index (χ2v) is 3.45.